The minimum atomic E-state index is -0.151. The number of allylic oxidation sites excluding steroid dienone is 1. The van der Waals surface area contributed by atoms with Crippen molar-refractivity contribution in [2.75, 3.05) is 5.75 Å². The van der Waals surface area contributed by atoms with Gasteiger partial charge in [0.1, 0.15) is 0 Å². The highest BCUT2D eigenvalue weighted by molar-refractivity contribution is 8.03. The number of benzene rings is 1. The number of hydrogen-bond acceptors (Lipinski definition) is 3. The molecule has 0 radical (unpaired) electrons. The maximum Gasteiger partial charge on any atom is 0.225 e. The van der Waals surface area contributed by atoms with E-state index in [4.69, 9.17) is 0 Å². The van der Waals surface area contributed by atoms with Crippen molar-refractivity contribution in [2.24, 2.45) is 0 Å². The van der Waals surface area contributed by atoms with E-state index in [9.17, 15) is 10.1 Å². The van der Waals surface area contributed by atoms with Gasteiger partial charge >= 0.3 is 0 Å². The van der Waals surface area contributed by atoms with Crippen molar-refractivity contribution < 1.29 is 4.79 Å². The Kier molecular flexibility index (Phi) is 4.65. The highest BCUT2D eigenvalue weighted by Gasteiger charge is 2.29. The van der Waals surface area contributed by atoms with Gasteiger partial charge in [-0.05, 0) is 12.5 Å². The molecule has 1 heterocycles. The van der Waals surface area contributed by atoms with Crippen LogP contribution in [0.25, 0.3) is 0 Å². The molecule has 4 heteroatoms. The second-order valence-corrected chi connectivity index (χ2v) is 5.70. The maximum atomic E-state index is 11.9. The molecule has 3 nitrogen and oxygen atoms in total. The first-order valence-electron chi connectivity index (χ1n) is 6.40. The van der Waals surface area contributed by atoms with Gasteiger partial charge in [-0.2, -0.15) is 5.26 Å². The first kappa shape index (κ1) is 14.4. The summed E-state index contributed by atoms with van der Waals surface area (Å²) in [7, 11) is 0. The van der Waals surface area contributed by atoms with Crippen LogP contribution in [0.15, 0.2) is 47.5 Å². The lowest BCUT2D eigenvalue weighted by Crippen LogP contribution is -2.30. The van der Waals surface area contributed by atoms with E-state index in [1.54, 1.807) is 6.08 Å². The van der Waals surface area contributed by atoms with Gasteiger partial charge in [0.05, 0.1) is 16.7 Å². The van der Waals surface area contributed by atoms with Gasteiger partial charge in [-0.25, -0.2) is 0 Å². The number of nitrogens with zero attached hydrogens (tertiary/aromatic N) is 1. The molecule has 0 aromatic heterocycles. The van der Waals surface area contributed by atoms with Crippen LogP contribution in [0.4, 0.5) is 0 Å². The summed E-state index contributed by atoms with van der Waals surface area (Å²) in [6.45, 7) is 5.68. The normalized spacial score (nSPS) is 18.4. The second kappa shape index (κ2) is 6.44. The third kappa shape index (κ3) is 3.12. The van der Waals surface area contributed by atoms with E-state index in [1.165, 1.54) is 11.8 Å². The largest absolute Gasteiger partial charge is 0.320 e. The van der Waals surface area contributed by atoms with Gasteiger partial charge in [0.25, 0.3) is 0 Å². The zero-order chi connectivity index (χ0) is 14.5. The quantitative estimate of drug-likeness (QED) is 0.863. The second-order valence-electron chi connectivity index (χ2n) is 4.67. The predicted octanol–water partition coefficient (Wildman–Crippen LogP) is 3.25. The van der Waals surface area contributed by atoms with Crippen LogP contribution >= 0.6 is 11.8 Å². The molecule has 1 aliphatic heterocycles. The third-order valence-corrected chi connectivity index (χ3v) is 4.19. The topological polar surface area (TPSA) is 52.9 Å². The van der Waals surface area contributed by atoms with Crippen LogP contribution in [0.3, 0.4) is 0 Å². The molecule has 102 valence electrons. The molecule has 0 bridgehead atoms. The molecule has 1 amide bonds. The van der Waals surface area contributed by atoms with Crippen molar-refractivity contribution in [3.05, 3.63) is 58.6 Å². The molecule has 2 rings (SSSR count). The van der Waals surface area contributed by atoms with Crippen molar-refractivity contribution in [3.8, 4) is 6.07 Å². The average Bonchev–Trinajstić information content (AvgIpc) is 2.45. The van der Waals surface area contributed by atoms with Crippen molar-refractivity contribution in [1.82, 2.24) is 5.32 Å². The van der Waals surface area contributed by atoms with Gasteiger partial charge in [0.15, 0.2) is 0 Å². The van der Waals surface area contributed by atoms with Crippen molar-refractivity contribution >= 4 is 17.7 Å². The van der Waals surface area contributed by atoms with E-state index in [2.05, 4.69) is 18.0 Å². The number of nitriles is 1. The Morgan fingerprint density at radius 2 is 2.20 bits per heavy atom. The number of amides is 1. The molecule has 0 fully saturated rings. The average molecular weight is 284 g/mol. The SMILES string of the molecule is C=CCSC1=C(C#N)[C@H](c2ccc(C)cc2)CC(=O)N1. The first-order valence-corrected chi connectivity index (χ1v) is 7.38. The standard InChI is InChI=1S/C16H16N2OS/c1-3-8-20-16-14(10-17)13(9-15(19)18-16)12-6-4-11(2)5-7-12/h3-7,13H,1,8-9H2,2H3,(H,18,19)/t13-/m0/s1. The summed E-state index contributed by atoms with van der Waals surface area (Å²) >= 11 is 1.44. The zero-order valence-corrected chi connectivity index (χ0v) is 12.2. The van der Waals surface area contributed by atoms with Crippen LogP contribution in [0, 0.1) is 18.3 Å². The monoisotopic (exact) mass is 284 g/mol. The minimum Gasteiger partial charge on any atom is -0.320 e. The number of hydrogen-bond donors (Lipinski definition) is 1. The van der Waals surface area contributed by atoms with E-state index in [0.29, 0.717) is 22.8 Å². The number of thioether (sulfide) groups is 1. The van der Waals surface area contributed by atoms with E-state index in [0.717, 1.165) is 11.1 Å². The minimum absolute atomic E-state index is 0.0406. The van der Waals surface area contributed by atoms with Gasteiger partial charge < -0.3 is 5.32 Å². The Bertz CT molecular complexity index is 596. The first-order chi connectivity index (χ1) is 9.65. The molecule has 0 saturated carbocycles. The van der Waals surface area contributed by atoms with Crippen LogP contribution < -0.4 is 5.32 Å². The predicted molar refractivity (Wildman–Crippen MR) is 82.0 cm³/mol. The van der Waals surface area contributed by atoms with Gasteiger partial charge in [-0.1, -0.05) is 35.9 Å². The van der Waals surface area contributed by atoms with E-state index < -0.39 is 0 Å². The van der Waals surface area contributed by atoms with Gasteiger partial charge in [0.2, 0.25) is 5.91 Å². The van der Waals surface area contributed by atoms with Crippen LogP contribution in [-0.4, -0.2) is 11.7 Å². The number of aryl methyl sites for hydroxylation is 1. The lowest BCUT2D eigenvalue weighted by atomic mass is 9.87. The smallest absolute Gasteiger partial charge is 0.225 e. The summed E-state index contributed by atoms with van der Waals surface area (Å²) in [5.74, 6) is 0.476. The molecule has 1 atom stereocenters. The summed E-state index contributed by atoms with van der Waals surface area (Å²) in [5.41, 5.74) is 2.82. The molecule has 0 spiro atoms. The summed E-state index contributed by atoms with van der Waals surface area (Å²) in [4.78, 5) is 11.9. The molecular weight excluding hydrogens is 268 g/mol. The Balaban J connectivity index is 2.39. The fraction of sp³-hybridized carbons (Fsp3) is 0.250. The Hall–Kier alpha value is -1.99. The van der Waals surface area contributed by atoms with Gasteiger partial charge in [-0.3, -0.25) is 4.79 Å². The Labute approximate surface area is 123 Å². The Morgan fingerprint density at radius 1 is 1.50 bits per heavy atom. The van der Waals surface area contributed by atoms with Crippen molar-refractivity contribution in [2.45, 2.75) is 19.3 Å². The van der Waals surface area contributed by atoms with Crippen molar-refractivity contribution in [1.29, 1.82) is 5.26 Å². The van der Waals surface area contributed by atoms with Crippen LogP contribution in [0.5, 0.6) is 0 Å². The molecule has 20 heavy (non-hydrogen) atoms. The highest BCUT2D eigenvalue weighted by Crippen LogP contribution is 2.35. The lowest BCUT2D eigenvalue weighted by Gasteiger charge is -2.25. The van der Waals surface area contributed by atoms with E-state index >= 15 is 0 Å². The molecule has 0 unspecified atom stereocenters. The zero-order valence-electron chi connectivity index (χ0n) is 11.3. The van der Waals surface area contributed by atoms with Crippen LogP contribution in [-0.2, 0) is 4.79 Å². The van der Waals surface area contributed by atoms with Gasteiger partial charge in [0, 0.05) is 18.1 Å². The fourth-order valence-corrected chi connectivity index (χ4v) is 2.97. The van der Waals surface area contributed by atoms with E-state index in [1.807, 2.05) is 31.2 Å². The molecule has 0 aliphatic carbocycles. The van der Waals surface area contributed by atoms with Crippen LogP contribution in [0.2, 0.25) is 0 Å². The van der Waals surface area contributed by atoms with E-state index in [-0.39, 0.29) is 11.8 Å². The number of carbonyl (C=O) groups excluding carboxylic acids is 1. The molecule has 1 aromatic rings. The number of carbonyl (C=O) groups is 1. The number of rotatable bonds is 4. The summed E-state index contributed by atoms with van der Waals surface area (Å²) in [6, 6.07) is 10.3. The summed E-state index contributed by atoms with van der Waals surface area (Å²) in [6.07, 6.45) is 2.08. The molecule has 1 N–H and O–H groups in total. The molecule has 1 aliphatic rings. The Morgan fingerprint density at radius 3 is 2.80 bits per heavy atom. The highest BCUT2D eigenvalue weighted by atomic mass is 32.2. The van der Waals surface area contributed by atoms with Crippen molar-refractivity contribution in [3.63, 3.8) is 0 Å². The molecule has 0 saturated heterocycles. The van der Waals surface area contributed by atoms with Crippen LogP contribution in [0.1, 0.15) is 23.5 Å². The maximum absolute atomic E-state index is 11.9. The lowest BCUT2D eigenvalue weighted by molar-refractivity contribution is -0.120. The van der Waals surface area contributed by atoms with Gasteiger partial charge in [-0.15, -0.1) is 18.3 Å². The third-order valence-electron chi connectivity index (χ3n) is 3.18. The summed E-state index contributed by atoms with van der Waals surface area (Å²) in [5, 5.41) is 12.9. The molecular formula is C16H16N2OS. The fourth-order valence-electron chi connectivity index (χ4n) is 2.16. The number of nitrogens with one attached hydrogen (secondary N) is 1. The molecule has 1 aromatic carbocycles. The summed E-state index contributed by atoms with van der Waals surface area (Å²) < 4.78 is 0.